The van der Waals surface area contributed by atoms with Gasteiger partial charge in [-0.25, -0.2) is 13.8 Å². The number of aromatic nitrogens is 1. The van der Waals surface area contributed by atoms with Crippen LogP contribution in [0.2, 0.25) is 0 Å². The van der Waals surface area contributed by atoms with Crippen molar-refractivity contribution in [3.8, 4) is 11.3 Å². The van der Waals surface area contributed by atoms with Gasteiger partial charge in [0.1, 0.15) is 11.5 Å². The van der Waals surface area contributed by atoms with Crippen LogP contribution in [0.5, 0.6) is 0 Å². The number of benzene rings is 3. The maximum atomic E-state index is 15.4. The van der Waals surface area contributed by atoms with E-state index in [1.54, 1.807) is 19.9 Å². The van der Waals surface area contributed by atoms with E-state index >= 15 is 4.39 Å². The zero-order chi connectivity index (χ0) is 24.8. The third-order valence-electron chi connectivity index (χ3n) is 5.97. The van der Waals surface area contributed by atoms with Crippen LogP contribution in [0, 0.1) is 11.6 Å². The van der Waals surface area contributed by atoms with Crippen LogP contribution in [0.3, 0.4) is 0 Å². The number of rotatable bonds is 9. The lowest BCUT2D eigenvalue weighted by Crippen LogP contribution is -2.26. The first-order valence-corrected chi connectivity index (χ1v) is 11.8. The summed E-state index contributed by atoms with van der Waals surface area (Å²) in [7, 11) is 0. The summed E-state index contributed by atoms with van der Waals surface area (Å²) in [4.78, 5) is 6.93. The van der Waals surface area contributed by atoms with Crippen LogP contribution in [0.1, 0.15) is 36.2 Å². The molecule has 0 atom stereocenters. The van der Waals surface area contributed by atoms with E-state index in [9.17, 15) is 9.50 Å². The van der Waals surface area contributed by atoms with Gasteiger partial charge in [-0.05, 0) is 55.3 Å². The fourth-order valence-corrected chi connectivity index (χ4v) is 4.12. The van der Waals surface area contributed by atoms with Gasteiger partial charge in [-0.3, -0.25) is 4.90 Å². The predicted octanol–water partition coefficient (Wildman–Crippen LogP) is 6.50. The van der Waals surface area contributed by atoms with Crippen LogP contribution in [0.25, 0.3) is 11.3 Å². The minimum atomic E-state index is -1.38. The second-order valence-electron chi connectivity index (χ2n) is 9.32. The van der Waals surface area contributed by atoms with Crippen LogP contribution in [0.15, 0.2) is 91.0 Å². The van der Waals surface area contributed by atoms with Gasteiger partial charge < -0.3 is 5.11 Å². The van der Waals surface area contributed by atoms with Crippen molar-refractivity contribution in [2.24, 2.45) is 0 Å². The van der Waals surface area contributed by atoms with E-state index in [-0.39, 0.29) is 11.3 Å². The molecule has 1 heterocycles. The Labute approximate surface area is 205 Å². The lowest BCUT2D eigenvalue weighted by molar-refractivity contribution is 0.0743. The maximum absolute atomic E-state index is 15.4. The maximum Gasteiger partial charge on any atom is 0.155 e. The van der Waals surface area contributed by atoms with Gasteiger partial charge in [-0.2, -0.15) is 0 Å². The van der Waals surface area contributed by atoms with E-state index in [1.165, 1.54) is 35.4 Å². The number of nitrogens with zero attached hydrogens (tertiary/aromatic N) is 2. The van der Waals surface area contributed by atoms with Gasteiger partial charge in [0.2, 0.25) is 0 Å². The van der Waals surface area contributed by atoms with Crippen LogP contribution < -0.4 is 0 Å². The second kappa shape index (κ2) is 10.9. The van der Waals surface area contributed by atoms with E-state index < -0.39 is 17.2 Å². The lowest BCUT2D eigenvalue weighted by Gasteiger charge is -2.24. The summed E-state index contributed by atoms with van der Waals surface area (Å²) in [6.07, 6.45) is 0.567. The molecule has 0 aliphatic rings. The quantitative estimate of drug-likeness (QED) is 0.302. The highest BCUT2D eigenvalue weighted by Crippen LogP contribution is 2.30. The minimum absolute atomic E-state index is 0.122. The van der Waals surface area contributed by atoms with Crippen LogP contribution in [-0.4, -0.2) is 21.5 Å². The molecule has 0 unspecified atom stereocenters. The molecular formula is C30H30F2N2O. The molecule has 4 rings (SSSR count). The van der Waals surface area contributed by atoms with Crippen molar-refractivity contribution >= 4 is 0 Å². The zero-order valence-corrected chi connectivity index (χ0v) is 20.1. The highest BCUT2D eigenvalue weighted by Gasteiger charge is 2.25. The van der Waals surface area contributed by atoms with Gasteiger partial charge >= 0.3 is 0 Å². The summed E-state index contributed by atoms with van der Waals surface area (Å²) < 4.78 is 28.8. The van der Waals surface area contributed by atoms with Crippen molar-refractivity contribution in [3.05, 3.63) is 125 Å². The molecule has 3 aromatic carbocycles. The Hall–Kier alpha value is -3.41. The molecular weight excluding hydrogens is 442 g/mol. The molecule has 1 N–H and O–H groups in total. The topological polar surface area (TPSA) is 36.4 Å². The zero-order valence-electron chi connectivity index (χ0n) is 20.1. The first-order chi connectivity index (χ1) is 16.8. The summed E-state index contributed by atoms with van der Waals surface area (Å²) >= 11 is 0. The van der Waals surface area contributed by atoms with Gasteiger partial charge in [0.15, 0.2) is 5.82 Å². The Morgan fingerprint density at radius 3 is 1.86 bits per heavy atom. The van der Waals surface area contributed by atoms with E-state index in [2.05, 4.69) is 34.1 Å². The first kappa shape index (κ1) is 24.7. The molecule has 0 fully saturated rings. The van der Waals surface area contributed by atoms with Crippen LogP contribution in [0.4, 0.5) is 8.78 Å². The Balaban J connectivity index is 1.63. The summed E-state index contributed by atoms with van der Waals surface area (Å²) in [6.45, 7) is 5.33. The molecule has 5 heteroatoms. The molecule has 0 bridgehead atoms. The summed E-state index contributed by atoms with van der Waals surface area (Å²) in [5.74, 6) is -0.983. The molecule has 0 aliphatic heterocycles. The highest BCUT2D eigenvalue weighted by atomic mass is 19.1. The van der Waals surface area contributed by atoms with E-state index in [4.69, 9.17) is 0 Å². The molecule has 0 amide bonds. The first-order valence-electron chi connectivity index (χ1n) is 11.8. The molecule has 1 aromatic heterocycles. The number of pyridine rings is 1. The molecule has 0 saturated heterocycles. The average molecular weight is 473 g/mol. The molecule has 4 aromatic rings. The molecule has 0 radical (unpaired) electrons. The smallest absolute Gasteiger partial charge is 0.155 e. The summed E-state index contributed by atoms with van der Waals surface area (Å²) in [5, 5.41) is 10.6. The minimum Gasteiger partial charge on any atom is -0.386 e. The fraction of sp³-hybridized carbons (Fsp3) is 0.233. The van der Waals surface area contributed by atoms with Gasteiger partial charge in [0.25, 0.3) is 0 Å². The van der Waals surface area contributed by atoms with Crippen LogP contribution >= 0.6 is 0 Å². The van der Waals surface area contributed by atoms with Crippen molar-refractivity contribution < 1.29 is 13.9 Å². The molecule has 180 valence electrons. The third-order valence-corrected chi connectivity index (χ3v) is 5.97. The van der Waals surface area contributed by atoms with Gasteiger partial charge in [-0.1, -0.05) is 60.7 Å². The molecule has 3 nitrogen and oxygen atoms in total. The molecule has 0 saturated carbocycles. The lowest BCUT2D eigenvalue weighted by atomic mass is 9.94. The Bertz CT molecular complexity index is 1200. The Morgan fingerprint density at radius 2 is 1.34 bits per heavy atom. The van der Waals surface area contributed by atoms with Crippen molar-refractivity contribution in [1.29, 1.82) is 0 Å². The van der Waals surface area contributed by atoms with Crippen molar-refractivity contribution in [1.82, 2.24) is 9.88 Å². The van der Waals surface area contributed by atoms with Crippen molar-refractivity contribution in [2.75, 3.05) is 6.54 Å². The van der Waals surface area contributed by atoms with Crippen molar-refractivity contribution in [2.45, 2.75) is 39.0 Å². The SMILES string of the molecule is CC(C)(O)c1cc(CCN(Cc2ccccc2)Cc2ccccc2)nc(-c2ccc(F)cc2)c1F. The number of aliphatic hydroxyl groups is 1. The van der Waals surface area contributed by atoms with Crippen LogP contribution in [-0.2, 0) is 25.1 Å². The number of hydrogen-bond donors (Lipinski definition) is 1. The molecule has 0 aliphatic carbocycles. The van der Waals surface area contributed by atoms with Gasteiger partial charge in [-0.15, -0.1) is 0 Å². The monoisotopic (exact) mass is 472 g/mol. The van der Waals surface area contributed by atoms with E-state index in [0.717, 1.165) is 13.1 Å². The van der Waals surface area contributed by atoms with Crippen molar-refractivity contribution in [3.63, 3.8) is 0 Å². The summed E-state index contributed by atoms with van der Waals surface area (Å²) in [6, 6.07) is 27.8. The fourth-order valence-electron chi connectivity index (χ4n) is 4.12. The highest BCUT2D eigenvalue weighted by molar-refractivity contribution is 5.61. The van der Waals surface area contributed by atoms with Gasteiger partial charge in [0.05, 0.1) is 5.60 Å². The number of hydrogen-bond acceptors (Lipinski definition) is 3. The Kier molecular flexibility index (Phi) is 7.69. The second-order valence-corrected chi connectivity index (χ2v) is 9.32. The summed E-state index contributed by atoms with van der Waals surface area (Å²) in [5.41, 5.74) is 2.48. The molecule has 0 spiro atoms. The standard InChI is InChI=1S/C30H30F2N2O/c1-30(2,35)27-19-26(33-29(28(27)32)24-13-15-25(31)16-14-24)17-18-34(20-22-9-5-3-6-10-22)21-23-11-7-4-8-12-23/h3-16,19,35H,17-18,20-21H2,1-2H3. The average Bonchev–Trinajstić information content (AvgIpc) is 2.84. The van der Waals surface area contributed by atoms with E-state index in [0.29, 0.717) is 24.2 Å². The van der Waals surface area contributed by atoms with E-state index in [1.807, 2.05) is 36.4 Å². The third kappa shape index (κ3) is 6.59. The Morgan fingerprint density at radius 1 is 0.800 bits per heavy atom. The normalized spacial score (nSPS) is 11.7. The molecule has 35 heavy (non-hydrogen) atoms. The number of halogens is 2. The predicted molar refractivity (Wildman–Crippen MR) is 136 cm³/mol. The largest absolute Gasteiger partial charge is 0.386 e. The van der Waals surface area contributed by atoms with Gasteiger partial charge in [0, 0.05) is 42.9 Å².